The van der Waals surface area contributed by atoms with Crippen LogP contribution in [0.4, 0.5) is 5.82 Å². The molecule has 0 unspecified atom stereocenters. The van der Waals surface area contributed by atoms with E-state index in [9.17, 15) is 20.1 Å². The summed E-state index contributed by atoms with van der Waals surface area (Å²) in [5.41, 5.74) is 13.2. The fraction of sp³-hybridized carbons (Fsp3) is 0.280. The maximum atomic E-state index is 13.8. The zero-order chi connectivity index (χ0) is 24.9. The molecule has 0 amide bonds. The highest BCUT2D eigenvalue weighted by molar-refractivity contribution is 5.98. The molecule has 180 valence electrons. The number of benzene rings is 2. The molecule has 5 N–H and O–H groups in total. The SMILES string of the molecule is N#Cc1ccccc1Cn1c(=O)cc(N2CCC[C@@H](N)C2)n(Cc2ccccc2/C(N)=N\O)c1=O. The van der Waals surface area contributed by atoms with Gasteiger partial charge in [0, 0.05) is 30.8 Å². The van der Waals surface area contributed by atoms with Crippen molar-refractivity contribution in [3.05, 3.63) is 97.7 Å². The summed E-state index contributed by atoms with van der Waals surface area (Å²) in [5.74, 6) is 0.390. The van der Waals surface area contributed by atoms with E-state index in [1.807, 2.05) is 4.90 Å². The zero-order valence-corrected chi connectivity index (χ0v) is 19.2. The standard InChI is InChI=1S/C25H27N7O3/c26-13-17-6-1-2-7-18(17)14-32-23(33)12-22(30-11-5-9-20(27)16-30)31(25(32)34)15-19-8-3-4-10-21(19)24(28)29-35/h1-4,6-8,10,12,20,35H,5,9,11,14-16,27H2,(H2,28,29)/t20-/m1/s1. The largest absolute Gasteiger partial charge is 0.409 e. The summed E-state index contributed by atoms with van der Waals surface area (Å²) in [6.07, 6.45) is 1.71. The van der Waals surface area contributed by atoms with Crippen LogP contribution in [0.5, 0.6) is 0 Å². The van der Waals surface area contributed by atoms with Crippen molar-refractivity contribution in [3.63, 3.8) is 0 Å². The number of oxime groups is 1. The highest BCUT2D eigenvalue weighted by atomic mass is 16.4. The van der Waals surface area contributed by atoms with Gasteiger partial charge in [0.15, 0.2) is 5.84 Å². The fourth-order valence-electron chi connectivity index (χ4n) is 4.45. The van der Waals surface area contributed by atoms with Gasteiger partial charge in [-0.3, -0.25) is 13.9 Å². The molecular formula is C25H27N7O3. The molecule has 10 nitrogen and oxygen atoms in total. The van der Waals surface area contributed by atoms with Gasteiger partial charge in [0.25, 0.3) is 5.56 Å². The van der Waals surface area contributed by atoms with Crippen LogP contribution in [0.25, 0.3) is 0 Å². The molecule has 0 aliphatic carbocycles. The van der Waals surface area contributed by atoms with E-state index in [-0.39, 0.29) is 25.0 Å². The Hall–Kier alpha value is -4.36. The molecule has 1 fully saturated rings. The third kappa shape index (κ3) is 4.95. The predicted octanol–water partition coefficient (Wildman–Crippen LogP) is 1.00. The summed E-state index contributed by atoms with van der Waals surface area (Å²) in [5, 5.41) is 21.8. The molecule has 1 atom stereocenters. The Morgan fingerprint density at radius 1 is 1.09 bits per heavy atom. The van der Waals surface area contributed by atoms with Crippen molar-refractivity contribution in [1.29, 1.82) is 5.26 Å². The van der Waals surface area contributed by atoms with Crippen LogP contribution in [0.2, 0.25) is 0 Å². The van der Waals surface area contributed by atoms with Gasteiger partial charge in [0.1, 0.15) is 5.82 Å². The molecule has 4 rings (SSSR count). The highest BCUT2D eigenvalue weighted by Gasteiger charge is 2.23. The van der Waals surface area contributed by atoms with Crippen LogP contribution in [0, 0.1) is 11.3 Å². The Morgan fingerprint density at radius 2 is 1.77 bits per heavy atom. The number of hydrogen-bond acceptors (Lipinski definition) is 7. The third-order valence-electron chi connectivity index (χ3n) is 6.23. The quantitative estimate of drug-likeness (QED) is 0.209. The summed E-state index contributed by atoms with van der Waals surface area (Å²) >= 11 is 0. The Bertz CT molecular complexity index is 1420. The van der Waals surface area contributed by atoms with Crippen molar-refractivity contribution >= 4 is 11.7 Å². The number of nitrogens with zero attached hydrogens (tertiary/aromatic N) is 5. The van der Waals surface area contributed by atoms with Gasteiger partial charge >= 0.3 is 5.69 Å². The van der Waals surface area contributed by atoms with Gasteiger partial charge in [-0.15, -0.1) is 0 Å². The Kier molecular flexibility index (Phi) is 6.98. The monoisotopic (exact) mass is 473 g/mol. The first-order valence-electron chi connectivity index (χ1n) is 11.3. The van der Waals surface area contributed by atoms with Gasteiger partial charge in [-0.25, -0.2) is 4.79 Å². The van der Waals surface area contributed by atoms with Crippen LogP contribution in [-0.4, -0.2) is 39.3 Å². The van der Waals surface area contributed by atoms with Gasteiger partial charge in [-0.1, -0.05) is 47.6 Å². The van der Waals surface area contributed by atoms with Crippen molar-refractivity contribution in [2.75, 3.05) is 18.0 Å². The van der Waals surface area contributed by atoms with Crippen molar-refractivity contribution in [2.45, 2.75) is 32.0 Å². The second kappa shape index (κ2) is 10.3. The fourth-order valence-corrected chi connectivity index (χ4v) is 4.45. The van der Waals surface area contributed by atoms with Gasteiger partial charge in [0.05, 0.1) is 24.7 Å². The average Bonchev–Trinajstić information content (AvgIpc) is 2.88. The van der Waals surface area contributed by atoms with Gasteiger partial charge in [-0.2, -0.15) is 5.26 Å². The van der Waals surface area contributed by atoms with Crippen molar-refractivity contribution in [2.24, 2.45) is 16.6 Å². The number of piperidine rings is 1. The molecule has 1 aliphatic rings. The van der Waals surface area contributed by atoms with Crippen molar-refractivity contribution in [3.8, 4) is 6.07 Å². The topological polar surface area (TPSA) is 156 Å². The molecule has 0 spiro atoms. The van der Waals surface area contributed by atoms with E-state index in [2.05, 4.69) is 11.2 Å². The molecule has 2 aromatic carbocycles. The first kappa shape index (κ1) is 23.8. The lowest BCUT2D eigenvalue weighted by Gasteiger charge is -2.34. The molecule has 0 radical (unpaired) electrons. The van der Waals surface area contributed by atoms with Crippen LogP contribution >= 0.6 is 0 Å². The van der Waals surface area contributed by atoms with E-state index in [1.165, 1.54) is 10.6 Å². The van der Waals surface area contributed by atoms with Crippen molar-refractivity contribution in [1.82, 2.24) is 9.13 Å². The average molecular weight is 474 g/mol. The minimum atomic E-state index is -0.520. The summed E-state index contributed by atoms with van der Waals surface area (Å²) in [6.45, 7) is 1.23. The van der Waals surface area contributed by atoms with E-state index in [4.69, 9.17) is 11.5 Å². The summed E-state index contributed by atoms with van der Waals surface area (Å²) in [4.78, 5) is 28.9. The predicted molar refractivity (Wildman–Crippen MR) is 133 cm³/mol. The first-order chi connectivity index (χ1) is 16.9. The first-order valence-corrected chi connectivity index (χ1v) is 11.3. The van der Waals surface area contributed by atoms with Gasteiger partial charge in [-0.05, 0) is 30.0 Å². The Labute approximate surface area is 201 Å². The molecule has 1 aromatic heterocycles. The van der Waals surface area contributed by atoms with Gasteiger partial charge in [0.2, 0.25) is 0 Å². The summed E-state index contributed by atoms with van der Waals surface area (Å²) < 4.78 is 2.63. The molecule has 10 heteroatoms. The second-order valence-electron chi connectivity index (χ2n) is 8.56. The lowest BCUT2D eigenvalue weighted by Crippen LogP contribution is -2.48. The van der Waals surface area contributed by atoms with Gasteiger partial charge < -0.3 is 21.6 Å². The van der Waals surface area contributed by atoms with E-state index < -0.39 is 11.2 Å². The second-order valence-corrected chi connectivity index (χ2v) is 8.56. The van der Waals surface area contributed by atoms with E-state index in [0.717, 1.165) is 17.4 Å². The van der Waals surface area contributed by atoms with Crippen LogP contribution in [0.1, 0.15) is 35.1 Å². The molecule has 3 aromatic rings. The normalized spacial score (nSPS) is 16.2. The molecule has 2 heterocycles. The summed E-state index contributed by atoms with van der Waals surface area (Å²) in [6, 6.07) is 17.4. The molecule has 35 heavy (non-hydrogen) atoms. The highest BCUT2D eigenvalue weighted by Crippen LogP contribution is 2.20. The Morgan fingerprint density at radius 3 is 2.49 bits per heavy atom. The lowest BCUT2D eigenvalue weighted by molar-refractivity contribution is 0.318. The number of anilines is 1. The van der Waals surface area contributed by atoms with E-state index in [0.29, 0.717) is 41.2 Å². The maximum Gasteiger partial charge on any atom is 0.333 e. The van der Waals surface area contributed by atoms with Crippen molar-refractivity contribution < 1.29 is 5.21 Å². The van der Waals surface area contributed by atoms with Crippen LogP contribution in [0.3, 0.4) is 0 Å². The summed E-state index contributed by atoms with van der Waals surface area (Å²) in [7, 11) is 0. The minimum absolute atomic E-state index is 0.0386. The number of nitrogens with two attached hydrogens (primary N) is 2. The zero-order valence-electron chi connectivity index (χ0n) is 19.2. The number of amidine groups is 1. The molecule has 1 aliphatic heterocycles. The number of aromatic nitrogens is 2. The minimum Gasteiger partial charge on any atom is -0.409 e. The van der Waals surface area contributed by atoms with Crippen LogP contribution in [-0.2, 0) is 13.1 Å². The Balaban J connectivity index is 1.87. The number of nitriles is 1. The number of rotatable bonds is 6. The van der Waals surface area contributed by atoms with Crippen LogP contribution in [0.15, 0.2) is 69.3 Å². The van der Waals surface area contributed by atoms with Crippen LogP contribution < -0.4 is 27.6 Å². The lowest BCUT2D eigenvalue weighted by atomic mass is 10.1. The van der Waals surface area contributed by atoms with E-state index in [1.54, 1.807) is 48.5 Å². The smallest absolute Gasteiger partial charge is 0.333 e. The maximum absolute atomic E-state index is 13.8. The van der Waals surface area contributed by atoms with E-state index >= 15 is 0 Å². The molecular weight excluding hydrogens is 446 g/mol. The number of hydrogen-bond donors (Lipinski definition) is 3. The molecule has 1 saturated heterocycles. The molecule has 0 saturated carbocycles. The molecule has 0 bridgehead atoms. The third-order valence-corrected chi connectivity index (χ3v) is 6.23.